The standard InChI is InChI=1S/C16H35N3/c1-14(12-17)8-10-19(11-9-15(2)13-18)16-6-4-3-5-7-16/h14-16H,3-13,17-18H2,1-2H3. The minimum Gasteiger partial charge on any atom is -0.330 e. The lowest BCUT2D eigenvalue weighted by molar-refractivity contribution is 0.140. The minimum atomic E-state index is 0.651. The van der Waals surface area contributed by atoms with Crippen molar-refractivity contribution in [2.24, 2.45) is 23.3 Å². The molecule has 2 atom stereocenters. The summed E-state index contributed by atoms with van der Waals surface area (Å²) in [6, 6.07) is 0.823. The number of rotatable bonds is 9. The van der Waals surface area contributed by atoms with Crippen molar-refractivity contribution >= 4 is 0 Å². The zero-order chi connectivity index (χ0) is 14.1. The van der Waals surface area contributed by atoms with E-state index >= 15 is 0 Å². The van der Waals surface area contributed by atoms with Gasteiger partial charge in [-0.2, -0.15) is 0 Å². The molecule has 0 bridgehead atoms. The van der Waals surface area contributed by atoms with Gasteiger partial charge in [0.1, 0.15) is 0 Å². The predicted octanol–water partition coefficient (Wildman–Crippen LogP) is 2.59. The van der Waals surface area contributed by atoms with Crippen LogP contribution in [0.2, 0.25) is 0 Å². The lowest BCUT2D eigenvalue weighted by atomic mass is 9.93. The minimum absolute atomic E-state index is 0.651. The normalized spacial score (nSPS) is 20.7. The molecule has 1 saturated carbocycles. The van der Waals surface area contributed by atoms with E-state index in [-0.39, 0.29) is 0 Å². The Morgan fingerprint density at radius 2 is 1.37 bits per heavy atom. The molecule has 0 aromatic heterocycles. The molecule has 0 radical (unpaired) electrons. The van der Waals surface area contributed by atoms with Crippen LogP contribution in [0.15, 0.2) is 0 Å². The first-order valence-corrected chi connectivity index (χ1v) is 8.31. The molecule has 0 spiro atoms. The van der Waals surface area contributed by atoms with E-state index in [9.17, 15) is 0 Å². The summed E-state index contributed by atoms with van der Waals surface area (Å²) in [4.78, 5) is 2.73. The summed E-state index contributed by atoms with van der Waals surface area (Å²) < 4.78 is 0. The van der Waals surface area contributed by atoms with E-state index in [1.54, 1.807) is 0 Å². The summed E-state index contributed by atoms with van der Waals surface area (Å²) in [5.41, 5.74) is 11.5. The fraction of sp³-hybridized carbons (Fsp3) is 1.00. The van der Waals surface area contributed by atoms with Gasteiger partial charge < -0.3 is 16.4 Å². The van der Waals surface area contributed by atoms with Crippen LogP contribution >= 0.6 is 0 Å². The van der Waals surface area contributed by atoms with Crippen molar-refractivity contribution in [2.75, 3.05) is 26.2 Å². The summed E-state index contributed by atoms with van der Waals surface area (Å²) >= 11 is 0. The SMILES string of the molecule is CC(CN)CCN(CCC(C)CN)C1CCCCC1. The molecule has 0 amide bonds. The molecular weight excluding hydrogens is 234 g/mol. The fourth-order valence-corrected chi connectivity index (χ4v) is 2.93. The van der Waals surface area contributed by atoms with Crippen LogP contribution in [0.3, 0.4) is 0 Å². The molecule has 3 heteroatoms. The highest BCUT2D eigenvalue weighted by Crippen LogP contribution is 2.24. The van der Waals surface area contributed by atoms with Gasteiger partial charge in [-0.25, -0.2) is 0 Å². The second kappa shape index (κ2) is 9.73. The van der Waals surface area contributed by atoms with E-state index in [2.05, 4.69) is 18.7 Å². The average Bonchev–Trinajstić information content (AvgIpc) is 2.47. The van der Waals surface area contributed by atoms with Crippen molar-refractivity contribution in [3.63, 3.8) is 0 Å². The van der Waals surface area contributed by atoms with Crippen LogP contribution < -0.4 is 11.5 Å². The molecule has 1 rings (SSSR count). The van der Waals surface area contributed by atoms with Crippen LogP contribution in [0, 0.1) is 11.8 Å². The first kappa shape index (κ1) is 16.9. The molecule has 3 nitrogen and oxygen atoms in total. The Labute approximate surface area is 120 Å². The van der Waals surface area contributed by atoms with E-state index in [0.29, 0.717) is 11.8 Å². The van der Waals surface area contributed by atoms with Crippen molar-refractivity contribution < 1.29 is 0 Å². The Morgan fingerprint density at radius 1 is 0.895 bits per heavy atom. The maximum Gasteiger partial charge on any atom is 0.00952 e. The summed E-state index contributed by atoms with van der Waals surface area (Å²) in [7, 11) is 0. The largest absolute Gasteiger partial charge is 0.330 e. The zero-order valence-electron chi connectivity index (χ0n) is 13.1. The Balaban J connectivity index is 2.41. The molecule has 1 aliphatic rings. The van der Waals surface area contributed by atoms with Crippen molar-refractivity contribution in [3.8, 4) is 0 Å². The second-order valence-electron chi connectivity index (χ2n) is 6.59. The van der Waals surface area contributed by atoms with Crippen molar-refractivity contribution in [1.82, 2.24) is 4.90 Å². The predicted molar refractivity (Wildman–Crippen MR) is 84.1 cm³/mol. The van der Waals surface area contributed by atoms with Gasteiger partial charge in [0.25, 0.3) is 0 Å². The van der Waals surface area contributed by atoms with Gasteiger partial charge in [0.2, 0.25) is 0 Å². The number of hydrogen-bond acceptors (Lipinski definition) is 3. The number of nitrogens with zero attached hydrogens (tertiary/aromatic N) is 1. The third-order valence-corrected chi connectivity index (χ3v) is 4.71. The molecule has 2 unspecified atom stereocenters. The maximum absolute atomic E-state index is 5.75. The van der Waals surface area contributed by atoms with Crippen LogP contribution in [0.1, 0.15) is 58.8 Å². The molecule has 0 aromatic rings. The molecule has 0 heterocycles. The van der Waals surface area contributed by atoms with Gasteiger partial charge in [0.05, 0.1) is 0 Å². The van der Waals surface area contributed by atoms with Crippen LogP contribution in [0.5, 0.6) is 0 Å². The fourth-order valence-electron chi connectivity index (χ4n) is 2.93. The van der Waals surface area contributed by atoms with Crippen LogP contribution in [-0.4, -0.2) is 37.1 Å². The molecule has 0 aromatic carbocycles. The van der Waals surface area contributed by atoms with Gasteiger partial charge in [0.15, 0.2) is 0 Å². The highest BCUT2D eigenvalue weighted by Gasteiger charge is 2.21. The van der Waals surface area contributed by atoms with Gasteiger partial charge in [-0.15, -0.1) is 0 Å². The van der Waals surface area contributed by atoms with Gasteiger partial charge in [-0.3, -0.25) is 0 Å². The number of nitrogens with two attached hydrogens (primary N) is 2. The van der Waals surface area contributed by atoms with Gasteiger partial charge >= 0.3 is 0 Å². The Bertz CT molecular complexity index is 200. The summed E-state index contributed by atoms with van der Waals surface area (Å²) in [6.07, 6.45) is 9.54. The third-order valence-electron chi connectivity index (χ3n) is 4.71. The Hall–Kier alpha value is -0.120. The molecular formula is C16H35N3. The smallest absolute Gasteiger partial charge is 0.00952 e. The van der Waals surface area contributed by atoms with E-state index < -0.39 is 0 Å². The highest BCUT2D eigenvalue weighted by molar-refractivity contribution is 4.77. The van der Waals surface area contributed by atoms with Crippen LogP contribution in [0.25, 0.3) is 0 Å². The molecule has 19 heavy (non-hydrogen) atoms. The first-order valence-electron chi connectivity index (χ1n) is 8.31. The van der Waals surface area contributed by atoms with Crippen molar-refractivity contribution in [3.05, 3.63) is 0 Å². The molecule has 1 fully saturated rings. The van der Waals surface area contributed by atoms with Gasteiger partial charge in [0, 0.05) is 6.04 Å². The van der Waals surface area contributed by atoms with Crippen molar-refractivity contribution in [2.45, 2.75) is 64.8 Å². The molecule has 4 N–H and O–H groups in total. The monoisotopic (exact) mass is 269 g/mol. The van der Waals surface area contributed by atoms with Crippen molar-refractivity contribution in [1.29, 1.82) is 0 Å². The zero-order valence-corrected chi connectivity index (χ0v) is 13.1. The average molecular weight is 269 g/mol. The maximum atomic E-state index is 5.75. The van der Waals surface area contributed by atoms with Gasteiger partial charge in [-0.05, 0) is 63.7 Å². The van der Waals surface area contributed by atoms with E-state index in [1.165, 1.54) is 58.0 Å². The third kappa shape index (κ3) is 6.73. The Morgan fingerprint density at radius 3 is 1.79 bits per heavy atom. The highest BCUT2D eigenvalue weighted by atomic mass is 15.1. The van der Waals surface area contributed by atoms with Gasteiger partial charge in [-0.1, -0.05) is 33.1 Å². The lowest BCUT2D eigenvalue weighted by Crippen LogP contribution is -2.39. The molecule has 114 valence electrons. The molecule has 1 aliphatic carbocycles. The summed E-state index contributed by atoms with van der Waals surface area (Å²) in [5, 5.41) is 0. The summed E-state index contributed by atoms with van der Waals surface area (Å²) in [5.74, 6) is 1.30. The first-order chi connectivity index (χ1) is 9.17. The van der Waals surface area contributed by atoms with E-state index in [4.69, 9.17) is 11.5 Å². The molecule has 0 saturated heterocycles. The Kier molecular flexibility index (Phi) is 8.67. The molecule has 0 aliphatic heterocycles. The number of hydrogen-bond donors (Lipinski definition) is 2. The van der Waals surface area contributed by atoms with Crippen LogP contribution in [0.4, 0.5) is 0 Å². The van der Waals surface area contributed by atoms with E-state index in [0.717, 1.165) is 19.1 Å². The van der Waals surface area contributed by atoms with E-state index in [1.807, 2.05) is 0 Å². The second-order valence-corrected chi connectivity index (χ2v) is 6.59. The summed E-state index contributed by atoms with van der Waals surface area (Å²) in [6.45, 7) is 8.61. The topological polar surface area (TPSA) is 55.3 Å². The quantitative estimate of drug-likeness (QED) is 0.676. The van der Waals surface area contributed by atoms with Crippen LogP contribution in [-0.2, 0) is 0 Å². The lowest BCUT2D eigenvalue weighted by Gasteiger charge is -2.35.